The maximum atomic E-state index is 14.7. The zero-order chi connectivity index (χ0) is 28.2. The van der Waals surface area contributed by atoms with Crippen LogP contribution in [-0.4, -0.2) is 6.36 Å². The van der Waals surface area contributed by atoms with Gasteiger partial charge in [-0.05, 0) is 79.9 Å². The Morgan fingerprint density at radius 1 is 0.744 bits per heavy atom. The number of hydrogen-bond donors (Lipinski definition) is 0. The van der Waals surface area contributed by atoms with Crippen LogP contribution in [0.2, 0.25) is 0 Å². The molecule has 0 aliphatic heterocycles. The molecule has 0 amide bonds. The molecule has 0 atom stereocenters. The summed E-state index contributed by atoms with van der Waals surface area (Å²) in [4.78, 5) is 0. The molecule has 2 nitrogen and oxygen atoms in total. The van der Waals surface area contributed by atoms with Gasteiger partial charge in [0.15, 0.2) is 11.6 Å². The average molecular weight is 561 g/mol. The molecular formula is C30H35F7O2. The van der Waals surface area contributed by atoms with Crippen molar-refractivity contribution < 1.29 is 40.2 Å². The number of unbranched alkanes of at least 4 members (excludes halogenated alkanes) is 1. The average Bonchev–Trinajstić information content (AvgIpc) is 2.89. The molecule has 0 saturated heterocycles. The van der Waals surface area contributed by atoms with Gasteiger partial charge in [-0.25, -0.2) is 8.78 Å². The molecule has 4 rings (SSSR count). The molecular weight excluding hydrogens is 525 g/mol. The lowest BCUT2D eigenvalue weighted by Crippen LogP contribution is -2.25. The monoisotopic (exact) mass is 560 g/mol. The fourth-order valence-electron chi connectivity index (χ4n) is 6.33. The standard InChI is InChI=1S/C30H35F7O2/c1-2-3-4-19-5-7-20(8-6-19)21-9-11-22(12-10-21)23-13-15-24(16-14-23)29(33,34)38-25-17-26(31)28(27(32)18-25)39-30(35,36)37/h13-22H,2-12H2,1H3/t19-,20-,21-,22-. The Labute approximate surface area is 224 Å². The topological polar surface area (TPSA) is 18.5 Å². The van der Waals surface area contributed by atoms with Crippen LogP contribution in [0.3, 0.4) is 0 Å². The van der Waals surface area contributed by atoms with Crippen LogP contribution in [0.1, 0.15) is 94.6 Å². The Balaban J connectivity index is 1.31. The molecule has 0 N–H and O–H groups in total. The Kier molecular flexibility index (Phi) is 9.37. The molecule has 216 valence electrons. The molecule has 0 unspecified atom stereocenters. The van der Waals surface area contributed by atoms with E-state index in [9.17, 15) is 30.7 Å². The third-order valence-corrected chi connectivity index (χ3v) is 8.45. The van der Waals surface area contributed by atoms with Gasteiger partial charge in [0.2, 0.25) is 5.75 Å². The summed E-state index contributed by atoms with van der Waals surface area (Å²) < 4.78 is 102. The van der Waals surface area contributed by atoms with Gasteiger partial charge in [-0.2, -0.15) is 8.78 Å². The normalized spacial score (nSPS) is 24.4. The van der Waals surface area contributed by atoms with Crippen LogP contribution in [0.15, 0.2) is 36.4 Å². The molecule has 39 heavy (non-hydrogen) atoms. The first kappa shape index (κ1) is 29.5. The molecule has 2 aliphatic carbocycles. The summed E-state index contributed by atoms with van der Waals surface area (Å²) in [5.41, 5.74) is 0.429. The highest BCUT2D eigenvalue weighted by molar-refractivity contribution is 5.36. The van der Waals surface area contributed by atoms with Crippen molar-refractivity contribution in [3.63, 3.8) is 0 Å². The summed E-state index contributed by atoms with van der Waals surface area (Å²) in [5, 5.41) is 0. The van der Waals surface area contributed by atoms with Gasteiger partial charge in [0, 0.05) is 12.1 Å². The molecule has 0 heterocycles. The van der Waals surface area contributed by atoms with E-state index in [1.807, 2.05) is 0 Å². The Bertz CT molecular complexity index is 1040. The van der Waals surface area contributed by atoms with Crippen LogP contribution < -0.4 is 9.47 Å². The maximum Gasteiger partial charge on any atom is 0.573 e. The summed E-state index contributed by atoms with van der Waals surface area (Å²) in [7, 11) is 0. The summed E-state index contributed by atoms with van der Waals surface area (Å²) >= 11 is 0. The minimum absolute atomic E-state index is 0.225. The van der Waals surface area contributed by atoms with Crippen molar-refractivity contribution in [3.05, 3.63) is 59.2 Å². The van der Waals surface area contributed by atoms with Crippen LogP contribution in [0.25, 0.3) is 0 Å². The lowest BCUT2D eigenvalue weighted by molar-refractivity contribution is -0.276. The van der Waals surface area contributed by atoms with Crippen molar-refractivity contribution in [1.82, 2.24) is 0 Å². The van der Waals surface area contributed by atoms with Gasteiger partial charge in [-0.3, -0.25) is 0 Å². The zero-order valence-electron chi connectivity index (χ0n) is 22.0. The highest BCUT2D eigenvalue weighted by Gasteiger charge is 2.38. The Hall–Kier alpha value is -2.45. The predicted molar refractivity (Wildman–Crippen MR) is 134 cm³/mol. The van der Waals surface area contributed by atoms with E-state index in [1.54, 1.807) is 12.1 Å². The second-order valence-electron chi connectivity index (χ2n) is 11.0. The van der Waals surface area contributed by atoms with Crippen LogP contribution in [0, 0.1) is 29.4 Å². The summed E-state index contributed by atoms with van der Waals surface area (Å²) in [6, 6.07) is 6.13. The second kappa shape index (κ2) is 12.4. The molecule has 0 aromatic heterocycles. The number of halogens is 7. The minimum atomic E-state index is -5.34. The van der Waals surface area contributed by atoms with Gasteiger partial charge >= 0.3 is 12.5 Å². The van der Waals surface area contributed by atoms with E-state index >= 15 is 0 Å². The van der Waals surface area contributed by atoms with Crippen molar-refractivity contribution in [1.29, 1.82) is 0 Å². The van der Waals surface area contributed by atoms with Gasteiger partial charge in [0.1, 0.15) is 5.75 Å². The van der Waals surface area contributed by atoms with Crippen molar-refractivity contribution >= 4 is 0 Å². The fraction of sp³-hybridized carbons (Fsp3) is 0.600. The first-order valence-corrected chi connectivity index (χ1v) is 13.9. The highest BCUT2D eigenvalue weighted by atomic mass is 19.4. The van der Waals surface area contributed by atoms with Gasteiger partial charge in [0.05, 0.1) is 5.56 Å². The molecule has 2 aliphatic rings. The van der Waals surface area contributed by atoms with E-state index < -0.39 is 41.2 Å². The van der Waals surface area contributed by atoms with E-state index in [0.29, 0.717) is 0 Å². The Morgan fingerprint density at radius 3 is 1.79 bits per heavy atom. The lowest BCUT2D eigenvalue weighted by Gasteiger charge is -2.38. The van der Waals surface area contributed by atoms with E-state index in [4.69, 9.17) is 0 Å². The maximum absolute atomic E-state index is 14.7. The van der Waals surface area contributed by atoms with Gasteiger partial charge in [-0.1, -0.05) is 51.2 Å². The van der Waals surface area contributed by atoms with Crippen molar-refractivity contribution in [2.24, 2.45) is 17.8 Å². The van der Waals surface area contributed by atoms with Crippen molar-refractivity contribution in [3.8, 4) is 11.5 Å². The Morgan fingerprint density at radius 2 is 1.28 bits per heavy atom. The van der Waals surface area contributed by atoms with Crippen LogP contribution >= 0.6 is 0 Å². The second-order valence-corrected chi connectivity index (χ2v) is 11.0. The van der Waals surface area contributed by atoms with Gasteiger partial charge in [-0.15, -0.1) is 13.2 Å². The van der Waals surface area contributed by atoms with Crippen LogP contribution in [-0.2, 0) is 6.11 Å². The van der Waals surface area contributed by atoms with E-state index in [0.717, 1.165) is 49.0 Å². The third-order valence-electron chi connectivity index (χ3n) is 8.45. The first-order valence-electron chi connectivity index (χ1n) is 13.9. The third kappa shape index (κ3) is 7.82. The number of benzene rings is 2. The molecule has 0 bridgehead atoms. The number of hydrogen-bond acceptors (Lipinski definition) is 2. The van der Waals surface area contributed by atoms with Crippen LogP contribution in [0.5, 0.6) is 11.5 Å². The predicted octanol–water partition coefficient (Wildman–Crippen LogP) is 10.3. The SMILES string of the molecule is CCCC[C@H]1CC[C@H]([C@H]2CC[C@H](c3ccc(C(F)(F)Oc4cc(F)c(OC(F)(F)F)c(F)c4)cc3)CC2)CC1. The van der Waals surface area contributed by atoms with E-state index in [1.165, 1.54) is 57.1 Å². The summed E-state index contributed by atoms with van der Waals surface area (Å²) in [6.07, 6.45) is 4.25. The largest absolute Gasteiger partial charge is 0.573 e. The molecule has 0 spiro atoms. The van der Waals surface area contributed by atoms with Crippen molar-refractivity contribution in [2.45, 2.75) is 95.9 Å². The molecule has 9 heteroatoms. The summed E-state index contributed by atoms with van der Waals surface area (Å²) in [5.74, 6) is -3.62. The van der Waals surface area contributed by atoms with Crippen molar-refractivity contribution in [2.75, 3.05) is 0 Å². The highest BCUT2D eigenvalue weighted by Crippen LogP contribution is 2.45. The molecule has 2 aromatic rings. The molecule has 2 fully saturated rings. The summed E-state index contributed by atoms with van der Waals surface area (Å²) in [6.45, 7) is 2.24. The fourth-order valence-corrected chi connectivity index (χ4v) is 6.33. The lowest BCUT2D eigenvalue weighted by atomic mass is 9.68. The minimum Gasteiger partial charge on any atom is -0.429 e. The van der Waals surface area contributed by atoms with Gasteiger partial charge in [0.25, 0.3) is 0 Å². The van der Waals surface area contributed by atoms with E-state index in [-0.39, 0.29) is 18.1 Å². The van der Waals surface area contributed by atoms with E-state index in [2.05, 4.69) is 16.4 Å². The zero-order valence-corrected chi connectivity index (χ0v) is 22.0. The molecule has 0 radical (unpaired) electrons. The smallest absolute Gasteiger partial charge is 0.429 e. The number of ether oxygens (including phenoxy) is 2. The quantitative estimate of drug-likeness (QED) is 0.284. The number of alkyl halides is 5. The number of rotatable bonds is 9. The molecule has 2 saturated carbocycles. The first-order chi connectivity index (χ1) is 18.4. The molecule has 2 aromatic carbocycles. The van der Waals surface area contributed by atoms with Gasteiger partial charge < -0.3 is 9.47 Å². The van der Waals surface area contributed by atoms with Crippen LogP contribution in [0.4, 0.5) is 30.7 Å².